The Labute approximate surface area is 106 Å². The second-order valence-electron chi connectivity index (χ2n) is 4.96. The zero-order valence-electron chi connectivity index (χ0n) is 10.9. The summed E-state index contributed by atoms with van der Waals surface area (Å²) in [6.45, 7) is 1.37. The van der Waals surface area contributed by atoms with Gasteiger partial charge in [-0.3, -0.25) is 0 Å². The van der Waals surface area contributed by atoms with Crippen molar-refractivity contribution in [2.45, 2.75) is 44.9 Å². The van der Waals surface area contributed by atoms with Gasteiger partial charge in [0.25, 0.3) is 0 Å². The zero-order valence-corrected chi connectivity index (χ0v) is 11.7. The fourth-order valence-electron chi connectivity index (χ4n) is 2.41. The van der Waals surface area contributed by atoms with Crippen LogP contribution in [-0.2, 0) is 10.0 Å². The number of rotatable bonds is 8. The first kappa shape index (κ1) is 14.9. The standard InChI is InChI=1S/C12H26N2O2S/c1-13-9-5-11-17(15,16)14-10-8-12-6-3-2-4-7-12/h12-14H,2-11H2,1H3. The Morgan fingerprint density at radius 3 is 2.47 bits per heavy atom. The van der Waals surface area contributed by atoms with Crippen LogP contribution in [0.15, 0.2) is 0 Å². The molecule has 0 bridgehead atoms. The molecule has 1 fully saturated rings. The van der Waals surface area contributed by atoms with Crippen LogP contribution in [-0.4, -0.2) is 34.3 Å². The lowest BCUT2D eigenvalue weighted by Gasteiger charge is -2.21. The molecule has 17 heavy (non-hydrogen) atoms. The third kappa shape index (κ3) is 7.01. The lowest BCUT2D eigenvalue weighted by molar-refractivity contribution is 0.339. The van der Waals surface area contributed by atoms with E-state index in [1.54, 1.807) is 0 Å². The Kier molecular flexibility index (Phi) is 7.08. The molecule has 1 aliphatic rings. The third-order valence-corrected chi connectivity index (χ3v) is 4.91. The molecule has 0 saturated heterocycles. The van der Waals surface area contributed by atoms with Crippen LogP contribution in [0.4, 0.5) is 0 Å². The predicted molar refractivity (Wildman–Crippen MR) is 71.5 cm³/mol. The summed E-state index contributed by atoms with van der Waals surface area (Å²) in [5, 5.41) is 2.96. The summed E-state index contributed by atoms with van der Waals surface area (Å²) in [4.78, 5) is 0. The minimum absolute atomic E-state index is 0.235. The Hall–Kier alpha value is -0.130. The summed E-state index contributed by atoms with van der Waals surface area (Å²) < 4.78 is 25.9. The summed E-state index contributed by atoms with van der Waals surface area (Å²) in [5.74, 6) is 0.974. The maximum atomic E-state index is 11.6. The molecule has 4 nitrogen and oxygen atoms in total. The van der Waals surface area contributed by atoms with Crippen molar-refractivity contribution in [1.82, 2.24) is 10.0 Å². The third-order valence-electron chi connectivity index (χ3n) is 3.44. The molecule has 0 amide bonds. The fourth-order valence-corrected chi connectivity index (χ4v) is 3.50. The van der Waals surface area contributed by atoms with Gasteiger partial charge in [0.1, 0.15) is 0 Å². The van der Waals surface area contributed by atoms with E-state index in [1.807, 2.05) is 7.05 Å². The van der Waals surface area contributed by atoms with Crippen molar-refractivity contribution in [3.63, 3.8) is 0 Å². The number of nitrogens with one attached hydrogen (secondary N) is 2. The van der Waals surface area contributed by atoms with Crippen LogP contribution in [0.3, 0.4) is 0 Å². The van der Waals surface area contributed by atoms with Crippen LogP contribution >= 0.6 is 0 Å². The minimum Gasteiger partial charge on any atom is -0.320 e. The van der Waals surface area contributed by atoms with Crippen molar-refractivity contribution in [3.8, 4) is 0 Å². The highest BCUT2D eigenvalue weighted by Gasteiger charge is 2.14. The van der Waals surface area contributed by atoms with Crippen LogP contribution in [0.5, 0.6) is 0 Å². The monoisotopic (exact) mass is 262 g/mol. The average Bonchev–Trinajstić information content (AvgIpc) is 2.30. The normalized spacial score (nSPS) is 18.4. The molecule has 1 aliphatic carbocycles. The van der Waals surface area contributed by atoms with Crippen molar-refractivity contribution in [2.24, 2.45) is 5.92 Å². The second kappa shape index (κ2) is 8.06. The molecule has 0 atom stereocenters. The highest BCUT2D eigenvalue weighted by molar-refractivity contribution is 7.89. The van der Waals surface area contributed by atoms with Crippen molar-refractivity contribution >= 4 is 10.0 Å². The molecule has 102 valence electrons. The average molecular weight is 262 g/mol. The van der Waals surface area contributed by atoms with Crippen LogP contribution in [0, 0.1) is 5.92 Å². The van der Waals surface area contributed by atoms with Crippen molar-refractivity contribution in [2.75, 3.05) is 25.9 Å². The van der Waals surface area contributed by atoms with Crippen LogP contribution in [0.2, 0.25) is 0 Å². The molecule has 0 spiro atoms. The molecule has 2 N–H and O–H groups in total. The SMILES string of the molecule is CNCCCS(=O)(=O)NCCC1CCCCC1. The molecule has 0 unspecified atom stereocenters. The molecule has 5 heteroatoms. The first-order valence-electron chi connectivity index (χ1n) is 6.76. The quantitative estimate of drug-likeness (QED) is 0.652. The van der Waals surface area contributed by atoms with Gasteiger partial charge in [0.05, 0.1) is 5.75 Å². The van der Waals surface area contributed by atoms with Crippen LogP contribution in [0.1, 0.15) is 44.9 Å². The lowest BCUT2D eigenvalue weighted by Crippen LogP contribution is -2.29. The zero-order chi connectivity index (χ0) is 12.6. The molecule has 1 saturated carbocycles. The van der Waals surface area contributed by atoms with E-state index in [-0.39, 0.29) is 5.75 Å². The van der Waals surface area contributed by atoms with E-state index >= 15 is 0 Å². The summed E-state index contributed by atoms with van der Waals surface area (Å²) in [7, 11) is -1.21. The highest BCUT2D eigenvalue weighted by Crippen LogP contribution is 2.25. The molecule has 0 radical (unpaired) electrons. The van der Waals surface area contributed by atoms with Gasteiger partial charge >= 0.3 is 0 Å². The fraction of sp³-hybridized carbons (Fsp3) is 1.00. The molecule has 0 aliphatic heterocycles. The van der Waals surface area contributed by atoms with Crippen molar-refractivity contribution < 1.29 is 8.42 Å². The Bertz CT molecular complexity index is 285. The molecular weight excluding hydrogens is 236 g/mol. The lowest BCUT2D eigenvalue weighted by atomic mass is 9.87. The second-order valence-corrected chi connectivity index (χ2v) is 6.89. The van der Waals surface area contributed by atoms with Gasteiger partial charge in [-0.25, -0.2) is 13.1 Å². The maximum absolute atomic E-state index is 11.6. The molecule has 0 heterocycles. The van der Waals surface area contributed by atoms with Gasteiger partial charge in [-0.2, -0.15) is 0 Å². The maximum Gasteiger partial charge on any atom is 0.211 e. The molecule has 0 aromatic rings. The highest BCUT2D eigenvalue weighted by atomic mass is 32.2. The number of sulfonamides is 1. The smallest absolute Gasteiger partial charge is 0.211 e. The summed E-state index contributed by atoms with van der Waals surface area (Å²) >= 11 is 0. The topological polar surface area (TPSA) is 58.2 Å². The van der Waals surface area contributed by atoms with E-state index in [9.17, 15) is 8.42 Å². The van der Waals surface area contributed by atoms with Crippen LogP contribution < -0.4 is 10.0 Å². The van der Waals surface area contributed by atoms with Gasteiger partial charge in [0.2, 0.25) is 10.0 Å². The number of hydrogen-bond donors (Lipinski definition) is 2. The predicted octanol–water partition coefficient (Wildman–Crippen LogP) is 1.49. The molecule has 1 rings (SSSR count). The Morgan fingerprint density at radius 1 is 1.12 bits per heavy atom. The molecular formula is C12H26N2O2S. The van der Waals surface area contributed by atoms with Gasteiger partial charge in [-0.15, -0.1) is 0 Å². The van der Waals surface area contributed by atoms with E-state index in [0.717, 1.165) is 18.9 Å². The van der Waals surface area contributed by atoms with Gasteiger partial charge in [0, 0.05) is 6.54 Å². The van der Waals surface area contributed by atoms with E-state index in [0.29, 0.717) is 13.0 Å². The van der Waals surface area contributed by atoms with E-state index < -0.39 is 10.0 Å². The molecule has 0 aromatic carbocycles. The number of hydrogen-bond acceptors (Lipinski definition) is 3. The van der Waals surface area contributed by atoms with Gasteiger partial charge in [0.15, 0.2) is 0 Å². The van der Waals surface area contributed by atoms with E-state index in [2.05, 4.69) is 10.0 Å². The van der Waals surface area contributed by atoms with Crippen LogP contribution in [0.25, 0.3) is 0 Å². The largest absolute Gasteiger partial charge is 0.320 e. The summed E-state index contributed by atoms with van der Waals surface area (Å²) in [6.07, 6.45) is 8.23. The summed E-state index contributed by atoms with van der Waals surface area (Å²) in [6, 6.07) is 0. The first-order valence-corrected chi connectivity index (χ1v) is 8.41. The van der Waals surface area contributed by atoms with Crippen molar-refractivity contribution in [1.29, 1.82) is 0 Å². The Morgan fingerprint density at radius 2 is 1.82 bits per heavy atom. The van der Waals surface area contributed by atoms with Crippen molar-refractivity contribution in [3.05, 3.63) is 0 Å². The van der Waals surface area contributed by atoms with E-state index in [4.69, 9.17) is 0 Å². The summed E-state index contributed by atoms with van der Waals surface area (Å²) in [5.41, 5.74) is 0. The minimum atomic E-state index is -3.04. The van der Waals surface area contributed by atoms with Gasteiger partial charge < -0.3 is 5.32 Å². The molecule has 0 aromatic heterocycles. The van der Waals surface area contributed by atoms with Gasteiger partial charge in [-0.1, -0.05) is 32.1 Å². The van der Waals surface area contributed by atoms with Gasteiger partial charge in [-0.05, 0) is 32.4 Å². The Balaban J connectivity index is 2.11. The van der Waals surface area contributed by atoms with E-state index in [1.165, 1.54) is 32.1 Å². The first-order chi connectivity index (χ1) is 8.14.